The summed E-state index contributed by atoms with van der Waals surface area (Å²) in [6.45, 7) is 3.95. The number of ether oxygens (including phenoxy) is 2. The number of alkyl halides is 2. The van der Waals surface area contributed by atoms with Crippen LogP contribution in [0.4, 0.5) is 8.78 Å². The highest BCUT2D eigenvalue weighted by Gasteiger charge is 2.59. The smallest absolute Gasteiger partial charge is 0.309 e. The molecule has 2 fully saturated rings. The van der Waals surface area contributed by atoms with Gasteiger partial charge in [-0.05, 0) is 18.4 Å². The van der Waals surface area contributed by atoms with E-state index in [1.165, 1.54) is 0 Å². The number of carbonyl (C=O) groups is 1. The van der Waals surface area contributed by atoms with Gasteiger partial charge < -0.3 is 9.47 Å². The van der Waals surface area contributed by atoms with E-state index in [2.05, 4.69) is 0 Å². The molecule has 2 aliphatic rings. The van der Waals surface area contributed by atoms with E-state index >= 15 is 0 Å². The Morgan fingerprint density at radius 1 is 1.26 bits per heavy atom. The summed E-state index contributed by atoms with van der Waals surface area (Å²) in [5.41, 5.74) is 1.01. The third-order valence-electron chi connectivity index (χ3n) is 5.33. The second-order valence-electron chi connectivity index (χ2n) is 6.74. The molecule has 1 saturated carbocycles. The van der Waals surface area contributed by atoms with Gasteiger partial charge in [0, 0.05) is 18.3 Å². The van der Waals surface area contributed by atoms with Crippen molar-refractivity contribution in [3.05, 3.63) is 35.9 Å². The number of cyclic esters (lactones) is 1. The molecule has 3 nitrogen and oxygen atoms in total. The first-order chi connectivity index (χ1) is 10.9. The molecule has 0 N–H and O–H groups in total. The minimum atomic E-state index is -2.86. The lowest BCUT2D eigenvalue weighted by Crippen LogP contribution is -2.49. The van der Waals surface area contributed by atoms with Crippen LogP contribution in [0.3, 0.4) is 0 Å². The fourth-order valence-electron chi connectivity index (χ4n) is 3.97. The van der Waals surface area contributed by atoms with Crippen LogP contribution in [0.25, 0.3) is 0 Å². The van der Waals surface area contributed by atoms with Crippen molar-refractivity contribution < 1.29 is 23.0 Å². The maximum absolute atomic E-state index is 14.3. The molecule has 3 rings (SSSR count). The molecule has 1 aliphatic heterocycles. The van der Waals surface area contributed by atoms with Crippen molar-refractivity contribution in [1.82, 2.24) is 0 Å². The van der Waals surface area contributed by atoms with Crippen LogP contribution in [0.5, 0.6) is 0 Å². The fraction of sp³-hybridized carbons (Fsp3) is 0.611. The molecule has 1 aromatic carbocycles. The van der Waals surface area contributed by atoms with Crippen LogP contribution in [0.1, 0.15) is 25.8 Å². The highest BCUT2D eigenvalue weighted by atomic mass is 19.3. The van der Waals surface area contributed by atoms with E-state index in [4.69, 9.17) is 9.47 Å². The quantitative estimate of drug-likeness (QED) is 0.793. The van der Waals surface area contributed by atoms with Gasteiger partial charge in [0.1, 0.15) is 6.10 Å². The van der Waals surface area contributed by atoms with E-state index < -0.39 is 30.1 Å². The van der Waals surface area contributed by atoms with Crippen LogP contribution in [-0.2, 0) is 20.9 Å². The summed E-state index contributed by atoms with van der Waals surface area (Å²) in [6, 6.07) is 9.62. The van der Waals surface area contributed by atoms with Gasteiger partial charge in [0.15, 0.2) is 0 Å². The van der Waals surface area contributed by atoms with Gasteiger partial charge in [0.05, 0.1) is 19.1 Å². The molecular weight excluding hydrogens is 302 g/mol. The van der Waals surface area contributed by atoms with Crippen LogP contribution in [0, 0.1) is 23.7 Å². The van der Waals surface area contributed by atoms with Crippen LogP contribution < -0.4 is 0 Å². The Labute approximate surface area is 135 Å². The Morgan fingerprint density at radius 3 is 2.65 bits per heavy atom. The predicted molar refractivity (Wildman–Crippen MR) is 80.9 cm³/mol. The molecular formula is C18H22F2O3. The molecule has 0 radical (unpaired) electrons. The minimum absolute atomic E-state index is 0.187. The molecule has 0 unspecified atom stereocenters. The second-order valence-corrected chi connectivity index (χ2v) is 6.74. The maximum Gasteiger partial charge on any atom is 0.309 e. The molecule has 1 aromatic rings. The molecule has 0 bridgehead atoms. The third-order valence-corrected chi connectivity index (χ3v) is 5.33. The Kier molecular flexibility index (Phi) is 4.41. The van der Waals surface area contributed by atoms with Gasteiger partial charge in [0.25, 0.3) is 5.92 Å². The number of halogens is 2. The second kappa shape index (κ2) is 6.19. The summed E-state index contributed by atoms with van der Waals surface area (Å²) in [4.78, 5) is 11.9. The number of esters is 1. The first kappa shape index (κ1) is 16.4. The summed E-state index contributed by atoms with van der Waals surface area (Å²) >= 11 is 0. The molecule has 1 saturated heterocycles. The first-order valence-corrected chi connectivity index (χ1v) is 8.10. The zero-order valence-corrected chi connectivity index (χ0v) is 13.4. The fourth-order valence-corrected chi connectivity index (χ4v) is 3.97. The van der Waals surface area contributed by atoms with Crippen molar-refractivity contribution in [2.24, 2.45) is 23.7 Å². The Morgan fingerprint density at radius 2 is 1.96 bits per heavy atom. The molecule has 0 amide bonds. The van der Waals surface area contributed by atoms with Crippen LogP contribution in [-0.4, -0.2) is 24.6 Å². The van der Waals surface area contributed by atoms with Crippen molar-refractivity contribution in [1.29, 1.82) is 0 Å². The summed E-state index contributed by atoms with van der Waals surface area (Å²) in [6.07, 6.45) is -0.728. The number of hydrogen-bond donors (Lipinski definition) is 0. The topological polar surface area (TPSA) is 35.5 Å². The monoisotopic (exact) mass is 324 g/mol. The van der Waals surface area contributed by atoms with Gasteiger partial charge in [-0.15, -0.1) is 0 Å². The van der Waals surface area contributed by atoms with E-state index in [0.29, 0.717) is 6.61 Å². The van der Waals surface area contributed by atoms with Gasteiger partial charge in [-0.2, -0.15) is 0 Å². The Hall–Kier alpha value is -1.49. The van der Waals surface area contributed by atoms with Crippen molar-refractivity contribution >= 4 is 5.97 Å². The summed E-state index contributed by atoms with van der Waals surface area (Å²) in [7, 11) is 0. The predicted octanol–water partition coefficient (Wildman–Crippen LogP) is 3.67. The maximum atomic E-state index is 14.3. The lowest BCUT2D eigenvalue weighted by Gasteiger charge is -2.42. The largest absolute Gasteiger partial charge is 0.462 e. The third kappa shape index (κ3) is 3.11. The summed E-state index contributed by atoms with van der Waals surface area (Å²) in [5.74, 6) is -5.44. The average Bonchev–Trinajstić information content (AvgIpc) is 2.78. The van der Waals surface area contributed by atoms with Crippen LogP contribution in [0.2, 0.25) is 0 Å². The highest BCUT2D eigenvalue weighted by molar-refractivity contribution is 5.75. The number of hydrogen-bond acceptors (Lipinski definition) is 3. The lowest BCUT2D eigenvalue weighted by molar-refractivity contribution is -0.160. The van der Waals surface area contributed by atoms with Gasteiger partial charge in [-0.3, -0.25) is 4.79 Å². The zero-order valence-electron chi connectivity index (χ0n) is 13.4. The Bertz CT molecular complexity index is 561. The lowest BCUT2D eigenvalue weighted by atomic mass is 9.65. The van der Waals surface area contributed by atoms with E-state index in [1.807, 2.05) is 30.3 Å². The summed E-state index contributed by atoms with van der Waals surface area (Å²) in [5, 5.41) is 0. The minimum Gasteiger partial charge on any atom is -0.462 e. The molecule has 0 spiro atoms. The van der Waals surface area contributed by atoms with Crippen molar-refractivity contribution in [3.8, 4) is 0 Å². The van der Waals surface area contributed by atoms with Crippen molar-refractivity contribution in [2.45, 2.75) is 38.9 Å². The first-order valence-electron chi connectivity index (χ1n) is 8.10. The molecule has 1 aliphatic carbocycles. The SMILES string of the molecule is C[C@H]1OC(=O)[C@@H]2CC(F)(F)[C@@H](C)[C@H](COCc3ccccc3)[C@H]12. The van der Waals surface area contributed by atoms with E-state index in [0.717, 1.165) is 5.56 Å². The van der Waals surface area contributed by atoms with Crippen LogP contribution >= 0.6 is 0 Å². The van der Waals surface area contributed by atoms with Gasteiger partial charge in [-0.1, -0.05) is 37.3 Å². The van der Waals surface area contributed by atoms with Gasteiger partial charge in [0.2, 0.25) is 0 Å². The average molecular weight is 324 g/mol. The van der Waals surface area contributed by atoms with Crippen molar-refractivity contribution in [2.75, 3.05) is 6.61 Å². The van der Waals surface area contributed by atoms with Gasteiger partial charge in [-0.25, -0.2) is 8.78 Å². The molecule has 1 heterocycles. The molecule has 0 aromatic heterocycles. The summed E-state index contributed by atoms with van der Waals surface area (Å²) < 4.78 is 39.5. The zero-order chi connectivity index (χ0) is 16.6. The van der Waals surface area contributed by atoms with E-state index in [-0.39, 0.29) is 24.5 Å². The number of rotatable bonds is 4. The number of carbonyl (C=O) groups excluding carboxylic acids is 1. The molecule has 23 heavy (non-hydrogen) atoms. The normalized spacial score (nSPS) is 35.7. The van der Waals surface area contributed by atoms with Crippen molar-refractivity contribution in [3.63, 3.8) is 0 Å². The molecule has 126 valence electrons. The number of fused-ring (bicyclic) bond motifs is 1. The highest BCUT2D eigenvalue weighted by Crippen LogP contribution is 2.52. The molecule has 5 heteroatoms. The van der Waals surface area contributed by atoms with Crippen LogP contribution in [0.15, 0.2) is 30.3 Å². The van der Waals surface area contributed by atoms with Gasteiger partial charge >= 0.3 is 5.97 Å². The van der Waals surface area contributed by atoms with E-state index in [9.17, 15) is 13.6 Å². The number of benzene rings is 1. The Balaban J connectivity index is 1.71. The molecule has 5 atom stereocenters. The standard InChI is InChI=1S/C18H22F2O3/c1-11-15(10-22-9-13-6-4-3-5-7-13)16-12(2)23-17(21)14(16)8-18(11,19)20/h3-7,11-12,14-16H,8-10H2,1-2H3/t11-,12+,14+,15-,16+/m0/s1. The van der Waals surface area contributed by atoms with E-state index in [1.54, 1.807) is 13.8 Å².